The SMILES string of the molecule is C[C@H]1OC[C@H](N)[C@@H](O)[C@H]1O. The zero-order chi connectivity index (χ0) is 7.72. The van der Waals surface area contributed by atoms with Crippen molar-refractivity contribution in [3.8, 4) is 0 Å². The van der Waals surface area contributed by atoms with Gasteiger partial charge >= 0.3 is 0 Å². The van der Waals surface area contributed by atoms with Gasteiger partial charge in [0.2, 0.25) is 0 Å². The van der Waals surface area contributed by atoms with Gasteiger partial charge in [0, 0.05) is 0 Å². The third-order valence-corrected chi connectivity index (χ3v) is 1.82. The molecular weight excluding hydrogens is 134 g/mol. The summed E-state index contributed by atoms with van der Waals surface area (Å²) >= 11 is 0. The molecule has 0 radical (unpaired) electrons. The first-order valence-corrected chi connectivity index (χ1v) is 3.36. The van der Waals surface area contributed by atoms with Crippen molar-refractivity contribution in [2.24, 2.45) is 5.73 Å². The van der Waals surface area contributed by atoms with Gasteiger partial charge in [-0.1, -0.05) is 0 Å². The van der Waals surface area contributed by atoms with Crippen LogP contribution in [-0.2, 0) is 4.74 Å². The van der Waals surface area contributed by atoms with Crippen molar-refractivity contribution in [2.75, 3.05) is 6.61 Å². The number of hydrogen-bond donors (Lipinski definition) is 3. The highest BCUT2D eigenvalue weighted by Gasteiger charge is 2.33. The second-order valence-corrected chi connectivity index (χ2v) is 2.68. The molecule has 0 spiro atoms. The lowest BCUT2D eigenvalue weighted by molar-refractivity contribution is -0.136. The predicted octanol–water partition coefficient (Wildman–Crippen LogP) is -1.55. The summed E-state index contributed by atoms with van der Waals surface area (Å²) < 4.78 is 5.04. The summed E-state index contributed by atoms with van der Waals surface area (Å²) in [7, 11) is 0. The zero-order valence-electron chi connectivity index (χ0n) is 5.90. The first kappa shape index (κ1) is 7.94. The molecule has 1 rings (SSSR count). The molecule has 0 aromatic carbocycles. The molecule has 4 heteroatoms. The van der Waals surface area contributed by atoms with E-state index < -0.39 is 18.2 Å². The van der Waals surface area contributed by atoms with Gasteiger partial charge in [0.15, 0.2) is 0 Å². The fourth-order valence-electron chi connectivity index (χ4n) is 0.991. The number of rotatable bonds is 0. The van der Waals surface area contributed by atoms with Crippen LogP contribution in [0.5, 0.6) is 0 Å². The van der Waals surface area contributed by atoms with E-state index in [2.05, 4.69) is 0 Å². The summed E-state index contributed by atoms with van der Waals surface area (Å²) in [5, 5.41) is 18.3. The van der Waals surface area contributed by atoms with E-state index in [-0.39, 0.29) is 6.10 Å². The lowest BCUT2D eigenvalue weighted by Crippen LogP contribution is -2.55. The molecule has 0 unspecified atom stereocenters. The Hall–Kier alpha value is -0.160. The smallest absolute Gasteiger partial charge is 0.107 e. The van der Waals surface area contributed by atoms with E-state index in [4.69, 9.17) is 20.7 Å². The number of aliphatic hydroxyl groups excluding tert-OH is 2. The second-order valence-electron chi connectivity index (χ2n) is 2.68. The minimum absolute atomic E-state index is 0.310. The summed E-state index contributed by atoms with van der Waals surface area (Å²) in [6, 6.07) is -0.453. The lowest BCUT2D eigenvalue weighted by atomic mass is 10.0. The Morgan fingerprint density at radius 2 is 2.00 bits per heavy atom. The molecule has 0 aromatic rings. The van der Waals surface area contributed by atoms with Crippen LogP contribution >= 0.6 is 0 Å². The highest BCUT2D eigenvalue weighted by molar-refractivity contribution is 4.86. The monoisotopic (exact) mass is 147 g/mol. The van der Waals surface area contributed by atoms with Crippen molar-refractivity contribution in [2.45, 2.75) is 31.3 Å². The van der Waals surface area contributed by atoms with Crippen molar-refractivity contribution in [1.82, 2.24) is 0 Å². The molecule has 4 nitrogen and oxygen atoms in total. The van der Waals surface area contributed by atoms with Crippen LogP contribution in [0.2, 0.25) is 0 Å². The third-order valence-electron chi connectivity index (χ3n) is 1.82. The zero-order valence-corrected chi connectivity index (χ0v) is 5.90. The first-order valence-electron chi connectivity index (χ1n) is 3.36. The quantitative estimate of drug-likeness (QED) is 0.388. The molecule has 0 saturated carbocycles. The number of nitrogens with two attached hydrogens (primary N) is 1. The van der Waals surface area contributed by atoms with Gasteiger partial charge in [0.25, 0.3) is 0 Å². The summed E-state index contributed by atoms with van der Waals surface area (Å²) in [4.78, 5) is 0. The maximum Gasteiger partial charge on any atom is 0.107 e. The Morgan fingerprint density at radius 3 is 2.50 bits per heavy atom. The standard InChI is InChI=1S/C6H13NO3/c1-3-5(8)6(9)4(7)2-10-3/h3-6,8-9H,2,7H2,1H3/t3-,4+,5+,6-/m1/s1. The summed E-state index contributed by atoms with van der Waals surface area (Å²) in [5.74, 6) is 0. The Labute approximate surface area is 59.6 Å². The normalized spacial score (nSPS) is 49.2. The van der Waals surface area contributed by atoms with Crippen LogP contribution in [0.1, 0.15) is 6.92 Å². The minimum Gasteiger partial charge on any atom is -0.389 e. The van der Waals surface area contributed by atoms with Gasteiger partial charge < -0.3 is 20.7 Å². The molecule has 1 aliphatic rings. The van der Waals surface area contributed by atoms with Crippen LogP contribution in [0.4, 0.5) is 0 Å². The van der Waals surface area contributed by atoms with Gasteiger partial charge in [-0.3, -0.25) is 0 Å². The van der Waals surface area contributed by atoms with Crippen molar-refractivity contribution in [3.63, 3.8) is 0 Å². The lowest BCUT2D eigenvalue weighted by Gasteiger charge is -2.33. The largest absolute Gasteiger partial charge is 0.389 e. The van der Waals surface area contributed by atoms with Gasteiger partial charge in [-0.25, -0.2) is 0 Å². The highest BCUT2D eigenvalue weighted by Crippen LogP contribution is 2.12. The van der Waals surface area contributed by atoms with Gasteiger partial charge in [-0.05, 0) is 6.92 Å². The second kappa shape index (κ2) is 2.84. The van der Waals surface area contributed by atoms with Crippen LogP contribution in [0.3, 0.4) is 0 Å². The van der Waals surface area contributed by atoms with E-state index in [1.54, 1.807) is 6.92 Å². The average molecular weight is 147 g/mol. The van der Waals surface area contributed by atoms with Crippen LogP contribution in [0, 0.1) is 0 Å². The Morgan fingerprint density at radius 1 is 1.40 bits per heavy atom. The van der Waals surface area contributed by atoms with E-state index in [0.29, 0.717) is 6.61 Å². The molecule has 0 aliphatic carbocycles. The Kier molecular flexibility index (Phi) is 2.25. The summed E-state index contributed by atoms with van der Waals surface area (Å²) in [6.07, 6.45) is -2.00. The molecule has 4 atom stereocenters. The molecule has 60 valence electrons. The van der Waals surface area contributed by atoms with Gasteiger partial charge in [0.05, 0.1) is 24.9 Å². The summed E-state index contributed by atoms with van der Waals surface area (Å²) in [6.45, 7) is 2.03. The molecule has 1 fully saturated rings. The van der Waals surface area contributed by atoms with E-state index in [0.717, 1.165) is 0 Å². The molecule has 0 amide bonds. The van der Waals surface area contributed by atoms with Crippen molar-refractivity contribution in [1.29, 1.82) is 0 Å². The van der Waals surface area contributed by atoms with Gasteiger partial charge in [0.1, 0.15) is 6.10 Å². The molecule has 1 aliphatic heterocycles. The fraction of sp³-hybridized carbons (Fsp3) is 1.00. The summed E-state index contributed by atoms with van der Waals surface area (Å²) in [5.41, 5.74) is 5.40. The Bertz CT molecular complexity index is 106. The molecule has 10 heavy (non-hydrogen) atoms. The minimum atomic E-state index is -0.844. The van der Waals surface area contributed by atoms with Crippen LogP contribution in [0.25, 0.3) is 0 Å². The van der Waals surface area contributed by atoms with E-state index in [9.17, 15) is 0 Å². The van der Waals surface area contributed by atoms with E-state index >= 15 is 0 Å². The fourth-order valence-corrected chi connectivity index (χ4v) is 0.991. The number of aliphatic hydroxyl groups is 2. The van der Waals surface area contributed by atoms with Crippen LogP contribution in [0.15, 0.2) is 0 Å². The molecule has 0 aromatic heterocycles. The molecular formula is C6H13NO3. The van der Waals surface area contributed by atoms with E-state index in [1.807, 2.05) is 0 Å². The molecule has 1 heterocycles. The molecule has 4 N–H and O–H groups in total. The maximum atomic E-state index is 9.16. The molecule has 0 bridgehead atoms. The van der Waals surface area contributed by atoms with Gasteiger partial charge in [-0.2, -0.15) is 0 Å². The highest BCUT2D eigenvalue weighted by atomic mass is 16.5. The maximum absolute atomic E-state index is 9.16. The molecule has 1 saturated heterocycles. The van der Waals surface area contributed by atoms with E-state index in [1.165, 1.54) is 0 Å². The number of ether oxygens (including phenoxy) is 1. The topological polar surface area (TPSA) is 75.7 Å². The van der Waals surface area contributed by atoms with Crippen LogP contribution < -0.4 is 5.73 Å². The van der Waals surface area contributed by atoms with Gasteiger partial charge in [-0.15, -0.1) is 0 Å². The third kappa shape index (κ3) is 1.29. The van der Waals surface area contributed by atoms with Crippen molar-refractivity contribution < 1.29 is 14.9 Å². The van der Waals surface area contributed by atoms with Crippen molar-refractivity contribution >= 4 is 0 Å². The Balaban J connectivity index is 2.52. The number of hydrogen-bond acceptors (Lipinski definition) is 4. The average Bonchev–Trinajstić information content (AvgIpc) is 1.93. The van der Waals surface area contributed by atoms with Crippen molar-refractivity contribution in [3.05, 3.63) is 0 Å². The van der Waals surface area contributed by atoms with Crippen LogP contribution in [-0.4, -0.2) is 41.2 Å². The first-order chi connectivity index (χ1) is 4.63. The predicted molar refractivity (Wildman–Crippen MR) is 35.4 cm³/mol.